The van der Waals surface area contributed by atoms with Crippen molar-refractivity contribution in [1.29, 1.82) is 0 Å². The lowest BCUT2D eigenvalue weighted by Gasteiger charge is -2.33. The molecule has 0 unspecified atom stereocenters. The van der Waals surface area contributed by atoms with Crippen molar-refractivity contribution in [2.45, 2.75) is 18.3 Å². The molecule has 3 aromatic carbocycles. The third kappa shape index (κ3) is 3.11. The summed E-state index contributed by atoms with van der Waals surface area (Å²) >= 11 is 1.34. The quantitative estimate of drug-likeness (QED) is 0.572. The minimum Gasteiger partial charge on any atom is -0.311 e. The SMILES string of the molecule is Cc1ccccc1C(=O)N1CCS[C@]12C(=O)N(Cc1cccc(F)c1)c1ccc(F)cc12. The van der Waals surface area contributed by atoms with Gasteiger partial charge in [-0.25, -0.2) is 8.78 Å². The van der Waals surface area contributed by atoms with E-state index in [1.165, 1.54) is 40.9 Å². The molecule has 0 bridgehead atoms. The van der Waals surface area contributed by atoms with Gasteiger partial charge in [0.05, 0.1) is 12.2 Å². The van der Waals surface area contributed by atoms with Gasteiger partial charge in [-0.15, -0.1) is 11.8 Å². The van der Waals surface area contributed by atoms with Crippen molar-refractivity contribution < 1.29 is 18.4 Å². The van der Waals surface area contributed by atoms with Gasteiger partial charge in [0.15, 0.2) is 4.87 Å². The summed E-state index contributed by atoms with van der Waals surface area (Å²) in [5, 5.41) is 0. The maximum absolute atomic E-state index is 14.4. The number of hydrogen-bond acceptors (Lipinski definition) is 3. The van der Waals surface area contributed by atoms with Gasteiger partial charge < -0.3 is 9.80 Å². The molecule has 2 heterocycles. The van der Waals surface area contributed by atoms with Gasteiger partial charge >= 0.3 is 0 Å². The third-order valence-electron chi connectivity index (χ3n) is 6.01. The first-order chi connectivity index (χ1) is 15.4. The Bertz CT molecular complexity index is 1250. The van der Waals surface area contributed by atoms with E-state index in [0.29, 0.717) is 34.7 Å². The van der Waals surface area contributed by atoms with Crippen LogP contribution in [-0.2, 0) is 16.2 Å². The van der Waals surface area contributed by atoms with E-state index < -0.39 is 16.5 Å². The second-order valence-electron chi connectivity index (χ2n) is 7.95. The van der Waals surface area contributed by atoms with Crippen LogP contribution >= 0.6 is 11.8 Å². The zero-order valence-electron chi connectivity index (χ0n) is 17.3. The molecule has 1 fully saturated rings. The van der Waals surface area contributed by atoms with Crippen LogP contribution in [-0.4, -0.2) is 29.0 Å². The third-order valence-corrected chi connectivity index (χ3v) is 7.43. The molecule has 0 aromatic heterocycles. The van der Waals surface area contributed by atoms with Crippen LogP contribution in [0.1, 0.15) is 27.0 Å². The number of carbonyl (C=O) groups is 2. The average Bonchev–Trinajstić information content (AvgIpc) is 3.31. The van der Waals surface area contributed by atoms with Gasteiger partial charge in [0.25, 0.3) is 11.8 Å². The minimum atomic E-state index is -1.34. The first kappa shape index (κ1) is 20.7. The molecule has 0 radical (unpaired) electrons. The zero-order valence-corrected chi connectivity index (χ0v) is 18.2. The first-order valence-corrected chi connectivity index (χ1v) is 11.3. The van der Waals surface area contributed by atoms with Crippen molar-refractivity contribution in [3.8, 4) is 0 Å². The van der Waals surface area contributed by atoms with Crippen molar-refractivity contribution in [2.24, 2.45) is 0 Å². The summed E-state index contributed by atoms with van der Waals surface area (Å²) in [6, 6.07) is 17.5. The van der Waals surface area contributed by atoms with Gasteiger partial charge in [-0.05, 0) is 54.4 Å². The summed E-state index contributed by atoms with van der Waals surface area (Å²) in [5.74, 6) is -0.891. The van der Waals surface area contributed by atoms with E-state index in [0.717, 1.165) is 5.56 Å². The van der Waals surface area contributed by atoms with E-state index in [-0.39, 0.29) is 18.4 Å². The molecular formula is C25H20F2N2O2S. The Morgan fingerprint density at radius 1 is 1.03 bits per heavy atom. The number of anilines is 1. The lowest BCUT2D eigenvalue weighted by atomic mass is 10.0. The van der Waals surface area contributed by atoms with Crippen molar-refractivity contribution in [2.75, 3.05) is 17.2 Å². The van der Waals surface area contributed by atoms with Gasteiger partial charge in [0, 0.05) is 23.4 Å². The van der Waals surface area contributed by atoms with E-state index in [9.17, 15) is 18.4 Å². The molecule has 0 N–H and O–H groups in total. The van der Waals surface area contributed by atoms with Gasteiger partial charge in [-0.2, -0.15) is 0 Å². The lowest BCUT2D eigenvalue weighted by molar-refractivity contribution is -0.123. The highest BCUT2D eigenvalue weighted by Gasteiger charge is 2.59. The number of hydrogen-bond donors (Lipinski definition) is 0. The van der Waals surface area contributed by atoms with E-state index >= 15 is 0 Å². The second kappa shape index (κ2) is 7.74. The number of carbonyl (C=O) groups excluding carboxylic acids is 2. The van der Waals surface area contributed by atoms with E-state index in [4.69, 9.17) is 0 Å². The van der Waals surface area contributed by atoms with Crippen molar-refractivity contribution >= 4 is 29.3 Å². The first-order valence-electron chi connectivity index (χ1n) is 10.3. The molecule has 1 saturated heterocycles. The fraction of sp³-hybridized carbons (Fsp3) is 0.200. The smallest absolute Gasteiger partial charge is 0.268 e. The highest BCUT2D eigenvalue weighted by atomic mass is 32.2. The van der Waals surface area contributed by atoms with Gasteiger partial charge in [0.2, 0.25) is 0 Å². The maximum atomic E-state index is 14.4. The summed E-state index contributed by atoms with van der Waals surface area (Å²) in [4.78, 5) is 29.2. The van der Waals surface area contributed by atoms with Crippen molar-refractivity contribution in [1.82, 2.24) is 4.90 Å². The molecule has 1 atom stereocenters. The topological polar surface area (TPSA) is 40.6 Å². The number of amides is 2. The van der Waals surface area contributed by atoms with Crippen LogP contribution in [0.2, 0.25) is 0 Å². The molecule has 32 heavy (non-hydrogen) atoms. The van der Waals surface area contributed by atoms with Crippen LogP contribution in [0.4, 0.5) is 14.5 Å². The number of halogens is 2. The molecule has 0 saturated carbocycles. The van der Waals surface area contributed by atoms with Crippen LogP contribution in [0.3, 0.4) is 0 Å². The monoisotopic (exact) mass is 450 g/mol. The Labute approximate surface area is 188 Å². The van der Waals surface area contributed by atoms with Crippen LogP contribution in [0.25, 0.3) is 0 Å². The average molecular weight is 451 g/mol. The number of thioether (sulfide) groups is 1. The van der Waals surface area contributed by atoms with E-state index in [2.05, 4.69) is 0 Å². The van der Waals surface area contributed by atoms with Gasteiger partial charge in [-0.1, -0.05) is 30.3 Å². The molecular weight excluding hydrogens is 430 g/mol. The van der Waals surface area contributed by atoms with Crippen LogP contribution in [0.5, 0.6) is 0 Å². The highest BCUT2D eigenvalue weighted by molar-refractivity contribution is 8.01. The summed E-state index contributed by atoms with van der Waals surface area (Å²) < 4.78 is 28.1. The summed E-state index contributed by atoms with van der Waals surface area (Å²) in [6.07, 6.45) is 0. The highest BCUT2D eigenvalue weighted by Crippen LogP contribution is 2.55. The van der Waals surface area contributed by atoms with E-state index in [1.54, 1.807) is 35.2 Å². The number of rotatable bonds is 3. The molecule has 7 heteroatoms. The molecule has 162 valence electrons. The molecule has 0 aliphatic carbocycles. The second-order valence-corrected chi connectivity index (χ2v) is 9.23. The largest absolute Gasteiger partial charge is 0.311 e. The summed E-state index contributed by atoms with van der Waals surface area (Å²) in [6.45, 7) is 2.35. The Kier molecular flexibility index (Phi) is 5.01. The molecule has 3 aromatic rings. The fourth-order valence-electron chi connectivity index (χ4n) is 4.52. The predicted molar refractivity (Wildman–Crippen MR) is 120 cm³/mol. The number of aryl methyl sites for hydroxylation is 1. The molecule has 1 spiro atoms. The molecule has 5 rings (SSSR count). The van der Waals surface area contributed by atoms with Crippen LogP contribution < -0.4 is 4.90 Å². The number of fused-ring (bicyclic) bond motifs is 2. The van der Waals surface area contributed by atoms with Crippen molar-refractivity contribution in [3.63, 3.8) is 0 Å². The number of nitrogens with zero attached hydrogens (tertiary/aromatic N) is 2. The van der Waals surface area contributed by atoms with Gasteiger partial charge in [0.1, 0.15) is 11.6 Å². The molecule has 4 nitrogen and oxygen atoms in total. The van der Waals surface area contributed by atoms with Crippen molar-refractivity contribution in [3.05, 3.63) is 101 Å². The lowest BCUT2D eigenvalue weighted by Crippen LogP contribution is -2.50. The normalized spacial score (nSPS) is 19.7. The summed E-state index contributed by atoms with van der Waals surface area (Å²) in [5.41, 5.74) is 2.95. The van der Waals surface area contributed by atoms with E-state index in [1.807, 2.05) is 19.1 Å². The predicted octanol–water partition coefficient (Wildman–Crippen LogP) is 4.86. The Balaban J connectivity index is 1.61. The summed E-state index contributed by atoms with van der Waals surface area (Å²) in [7, 11) is 0. The molecule has 2 aliphatic heterocycles. The Hall–Kier alpha value is -3.19. The molecule has 2 aliphatic rings. The minimum absolute atomic E-state index is 0.129. The zero-order chi connectivity index (χ0) is 22.5. The van der Waals surface area contributed by atoms with Crippen LogP contribution in [0.15, 0.2) is 66.7 Å². The fourth-order valence-corrected chi connectivity index (χ4v) is 5.97. The van der Waals surface area contributed by atoms with Gasteiger partial charge in [-0.3, -0.25) is 9.59 Å². The Morgan fingerprint density at radius 2 is 1.81 bits per heavy atom. The maximum Gasteiger partial charge on any atom is 0.268 e. The van der Waals surface area contributed by atoms with Crippen LogP contribution in [0, 0.1) is 18.6 Å². The Morgan fingerprint density at radius 3 is 2.59 bits per heavy atom. The number of benzene rings is 3. The standard InChI is InChI=1S/C25H20F2N2O2S/c1-16-5-2-3-8-20(16)23(30)29-11-12-32-25(29)21-14-19(27)9-10-22(21)28(24(25)31)15-17-6-4-7-18(26)13-17/h2-10,13-14H,11-12,15H2,1H3/t25-/m1/s1. The molecule has 2 amide bonds.